The Morgan fingerprint density at radius 1 is 1.21 bits per heavy atom. The Morgan fingerprint density at radius 3 is 2.14 bits per heavy atom. The summed E-state index contributed by atoms with van der Waals surface area (Å²) in [6.45, 7) is 12.8. The lowest BCUT2D eigenvalue weighted by molar-refractivity contribution is 0.513. The molecule has 0 rings (SSSR count). The van der Waals surface area contributed by atoms with Crippen LogP contribution >= 0.6 is 0 Å². The van der Waals surface area contributed by atoms with E-state index in [1.165, 1.54) is 12.5 Å². The Labute approximate surface area is 90.8 Å². The van der Waals surface area contributed by atoms with Crippen molar-refractivity contribution in [2.45, 2.75) is 45.6 Å². The van der Waals surface area contributed by atoms with Crippen molar-refractivity contribution in [2.24, 2.45) is 5.73 Å². The second kappa shape index (κ2) is 6.02. The molecule has 0 saturated heterocycles. The van der Waals surface area contributed by atoms with Crippen LogP contribution < -0.4 is 10.7 Å². The average molecular weight is 234 g/mol. The van der Waals surface area contributed by atoms with Crippen LogP contribution in [0, 0.1) is 0 Å². The van der Waals surface area contributed by atoms with E-state index in [4.69, 9.17) is 9.85 Å². The second-order valence-electron chi connectivity index (χ2n) is 4.91. The van der Waals surface area contributed by atoms with Gasteiger partial charge in [0.15, 0.2) is 8.32 Å². The molecule has 0 aromatic carbocycles. The molecule has 0 amide bonds. The van der Waals surface area contributed by atoms with Gasteiger partial charge >= 0.3 is 0 Å². The van der Waals surface area contributed by atoms with Gasteiger partial charge in [-0.25, -0.2) is 0 Å². The molecule has 3 N–H and O–H groups in total. The van der Waals surface area contributed by atoms with E-state index in [-0.39, 0.29) is 0 Å². The lowest BCUT2D eigenvalue weighted by Gasteiger charge is -2.34. The van der Waals surface area contributed by atoms with Crippen LogP contribution in [0.4, 0.5) is 0 Å². The van der Waals surface area contributed by atoms with E-state index >= 15 is 0 Å². The monoisotopic (exact) mass is 234 g/mol. The number of hydrogen-bond donors (Lipinski definition) is 2. The molecule has 0 radical (unpaired) electrons. The molecule has 5 heteroatoms. The van der Waals surface area contributed by atoms with Gasteiger partial charge in [0.05, 0.1) is 0 Å². The van der Waals surface area contributed by atoms with Crippen LogP contribution in [0.2, 0.25) is 32.2 Å². The Bertz CT molecular complexity index is 161. The van der Waals surface area contributed by atoms with Crippen LogP contribution in [0.25, 0.3) is 0 Å². The van der Waals surface area contributed by atoms with Gasteiger partial charge in [-0.2, -0.15) is 0 Å². The third-order valence-corrected chi connectivity index (χ3v) is 8.61. The Morgan fingerprint density at radius 2 is 1.79 bits per heavy atom. The summed E-state index contributed by atoms with van der Waals surface area (Å²) >= 11 is 0. The fourth-order valence-electron chi connectivity index (χ4n) is 1.66. The van der Waals surface area contributed by atoms with Crippen molar-refractivity contribution >= 4 is 16.8 Å². The van der Waals surface area contributed by atoms with Crippen molar-refractivity contribution in [3.05, 3.63) is 0 Å². The topological polar surface area (TPSA) is 47.3 Å². The molecule has 0 aliphatic carbocycles. The molecular weight excluding hydrogens is 208 g/mol. The molecule has 86 valence electrons. The van der Waals surface area contributed by atoms with Gasteiger partial charge < -0.3 is 14.8 Å². The zero-order valence-corrected chi connectivity index (χ0v) is 12.3. The SMILES string of the molecule is CCC[Si](C)(NCCN)O[Si](C)(C)C. The van der Waals surface area contributed by atoms with Crippen molar-refractivity contribution < 1.29 is 4.12 Å². The minimum atomic E-state index is -1.67. The second-order valence-corrected chi connectivity index (χ2v) is 13.3. The van der Waals surface area contributed by atoms with Crippen molar-refractivity contribution in [2.75, 3.05) is 13.1 Å². The van der Waals surface area contributed by atoms with Gasteiger partial charge in [-0.1, -0.05) is 13.3 Å². The fraction of sp³-hybridized carbons (Fsp3) is 1.00. The quantitative estimate of drug-likeness (QED) is 0.661. The normalized spacial score (nSPS) is 16.7. The zero-order chi connectivity index (χ0) is 11.2. The van der Waals surface area contributed by atoms with Crippen LogP contribution in [0.15, 0.2) is 0 Å². The molecule has 1 atom stereocenters. The lowest BCUT2D eigenvalue weighted by Crippen LogP contribution is -2.56. The summed E-state index contributed by atoms with van der Waals surface area (Å²) < 4.78 is 6.28. The summed E-state index contributed by atoms with van der Waals surface area (Å²) in [5, 5.41) is 0. The van der Waals surface area contributed by atoms with Crippen LogP contribution in [0.1, 0.15) is 13.3 Å². The molecule has 3 nitrogen and oxygen atoms in total. The highest BCUT2D eigenvalue weighted by Crippen LogP contribution is 2.17. The molecule has 1 unspecified atom stereocenters. The van der Waals surface area contributed by atoms with Crippen molar-refractivity contribution in [1.82, 2.24) is 4.98 Å². The standard InChI is InChI=1S/C9H26N2OSi2/c1-6-9-14(5,11-8-7-10)12-13(2,3)4/h11H,6-10H2,1-5H3. The van der Waals surface area contributed by atoms with E-state index in [1.54, 1.807) is 0 Å². The van der Waals surface area contributed by atoms with E-state index in [1.807, 2.05) is 0 Å². The van der Waals surface area contributed by atoms with Gasteiger partial charge in [-0.3, -0.25) is 0 Å². The van der Waals surface area contributed by atoms with Gasteiger partial charge in [-0.05, 0) is 32.2 Å². The molecule has 0 aliphatic rings. The molecule has 0 fully saturated rings. The highest BCUT2D eigenvalue weighted by atomic mass is 28.4. The minimum absolute atomic E-state index is 0.696. The number of rotatable bonds is 7. The van der Waals surface area contributed by atoms with E-state index < -0.39 is 16.8 Å². The van der Waals surface area contributed by atoms with E-state index in [2.05, 4.69) is 38.1 Å². The first kappa shape index (κ1) is 14.3. The minimum Gasteiger partial charge on any atom is -0.445 e. The highest BCUT2D eigenvalue weighted by Gasteiger charge is 2.33. The van der Waals surface area contributed by atoms with E-state index in [0.717, 1.165) is 6.54 Å². The molecule has 0 bridgehead atoms. The predicted molar refractivity (Wildman–Crippen MR) is 68.2 cm³/mol. The summed E-state index contributed by atoms with van der Waals surface area (Å²) in [7, 11) is -3.10. The smallest absolute Gasteiger partial charge is 0.255 e. The Hall–Kier alpha value is 0.314. The van der Waals surface area contributed by atoms with Crippen LogP contribution in [-0.2, 0) is 4.12 Å². The predicted octanol–water partition coefficient (Wildman–Crippen LogP) is 1.87. The van der Waals surface area contributed by atoms with E-state index in [0.29, 0.717) is 6.54 Å². The zero-order valence-electron chi connectivity index (χ0n) is 10.3. The average Bonchev–Trinajstić information content (AvgIpc) is 1.98. The third kappa shape index (κ3) is 6.72. The molecule has 0 aromatic heterocycles. The maximum atomic E-state index is 6.28. The maximum absolute atomic E-state index is 6.28. The molecule has 0 aromatic rings. The summed E-state index contributed by atoms with van der Waals surface area (Å²) in [5.41, 5.74) is 5.51. The van der Waals surface area contributed by atoms with Gasteiger partial charge in [-0.15, -0.1) is 0 Å². The van der Waals surface area contributed by atoms with Crippen LogP contribution in [0.3, 0.4) is 0 Å². The molecule has 0 aliphatic heterocycles. The Balaban J connectivity index is 4.23. The largest absolute Gasteiger partial charge is 0.445 e. The first-order valence-corrected chi connectivity index (χ1v) is 11.5. The highest BCUT2D eigenvalue weighted by molar-refractivity contribution is 6.83. The van der Waals surface area contributed by atoms with Gasteiger partial charge in [0.2, 0.25) is 0 Å². The van der Waals surface area contributed by atoms with Crippen LogP contribution in [0.5, 0.6) is 0 Å². The van der Waals surface area contributed by atoms with Crippen molar-refractivity contribution in [1.29, 1.82) is 0 Å². The van der Waals surface area contributed by atoms with Crippen molar-refractivity contribution in [3.8, 4) is 0 Å². The first-order valence-electron chi connectivity index (χ1n) is 5.48. The number of nitrogens with one attached hydrogen (secondary N) is 1. The Kier molecular flexibility index (Phi) is 6.15. The summed E-state index contributed by atoms with van der Waals surface area (Å²) in [5.74, 6) is 0. The molecule has 0 heterocycles. The van der Waals surface area contributed by atoms with Gasteiger partial charge in [0.1, 0.15) is 0 Å². The number of nitrogens with two attached hydrogens (primary N) is 1. The summed E-state index contributed by atoms with van der Waals surface area (Å²) in [6, 6.07) is 1.18. The fourth-order valence-corrected chi connectivity index (χ4v) is 9.57. The van der Waals surface area contributed by atoms with Crippen molar-refractivity contribution in [3.63, 3.8) is 0 Å². The number of hydrogen-bond acceptors (Lipinski definition) is 3. The maximum Gasteiger partial charge on any atom is 0.255 e. The summed E-state index contributed by atoms with van der Waals surface area (Å²) in [6.07, 6.45) is 1.19. The first-order chi connectivity index (χ1) is 6.33. The molecule has 14 heavy (non-hydrogen) atoms. The van der Waals surface area contributed by atoms with E-state index in [9.17, 15) is 0 Å². The van der Waals surface area contributed by atoms with Gasteiger partial charge in [0.25, 0.3) is 8.48 Å². The third-order valence-electron chi connectivity index (χ3n) is 1.90. The molecule has 0 saturated carbocycles. The molecule has 0 spiro atoms. The van der Waals surface area contributed by atoms with Crippen LogP contribution in [-0.4, -0.2) is 29.9 Å². The summed E-state index contributed by atoms with van der Waals surface area (Å²) in [4.78, 5) is 3.53. The molecular formula is C9H26N2OSi2. The lowest BCUT2D eigenvalue weighted by atomic mass is 10.6. The van der Waals surface area contributed by atoms with Gasteiger partial charge in [0, 0.05) is 13.1 Å².